The molecule has 0 aliphatic heterocycles. The van der Waals surface area contributed by atoms with Crippen LogP contribution in [0, 0.1) is 77.2 Å². The van der Waals surface area contributed by atoms with Gasteiger partial charge in [-0.15, -0.1) is 20.4 Å². The Morgan fingerprint density at radius 2 is 1.00 bits per heavy atom. The molecule has 0 radical (unpaired) electrons. The molecule has 0 spiro atoms. The molecule has 0 saturated carbocycles. The van der Waals surface area contributed by atoms with Gasteiger partial charge in [-0.3, -0.25) is 32.9 Å². The first-order valence-electron chi connectivity index (χ1n) is 36.7. The lowest BCUT2D eigenvalue weighted by atomic mass is 10.0. The van der Waals surface area contributed by atoms with Gasteiger partial charge in [-0.05, 0) is 210 Å². The average Bonchev–Trinajstić information content (AvgIpc) is 1.58. The predicted molar refractivity (Wildman–Crippen MR) is 434 cm³/mol. The number of imidazole rings is 4. The summed E-state index contributed by atoms with van der Waals surface area (Å²) >= 11 is 0. The maximum atomic E-state index is 13.8. The number of aromatic nitrogens is 15. The van der Waals surface area contributed by atoms with Gasteiger partial charge in [0.25, 0.3) is 23.6 Å². The van der Waals surface area contributed by atoms with Gasteiger partial charge in [0.05, 0.1) is 52.4 Å². The van der Waals surface area contributed by atoms with E-state index in [4.69, 9.17) is 5.73 Å². The minimum Gasteiger partial charge on any atom is -0.366 e. The van der Waals surface area contributed by atoms with Crippen LogP contribution in [0.3, 0.4) is 0 Å². The van der Waals surface area contributed by atoms with Gasteiger partial charge in [0.1, 0.15) is 24.2 Å². The summed E-state index contributed by atoms with van der Waals surface area (Å²) in [6, 6.07) is 38.5. The highest BCUT2D eigenvalue weighted by Crippen LogP contribution is 2.37. The summed E-state index contributed by atoms with van der Waals surface area (Å²) in [5.41, 5.74) is 13.4. The number of pyridine rings is 1. The van der Waals surface area contributed by atoms with Crippen molar-refractivity contribution < 1.29 is 63.5 Å². The number of aryl methyl sites for hydroxylation is 6. The highest BCUT2D eigenvalue weighted by molar-refractivity contribution is 6.06. The second kappa shape index (κ2) is 34.8. The summed E-state index contributed by atoms with van der Waals surface area (Å²) in [5, 5.41) is 30.4. The van der Waals surface area contributed by atoms with Gasteiger partial charge >= 0.3 is 18.5 Å². The third-order valence-corrected chi connectivity index (χ3v) is 18.8. The number of hydrogen-bond acceptors (Lipinski definition) is 15. The zero-order valence-corrected chi connectivity index (χ0v) is 65.9. The zero-order valence-electron chi connectivity index (χ0n) is 65.9. The van der Waals surface area contributed by atoms with E-state index in [1.54, 1.807) is 77.1 Å². The van der Waals surface area contributed by atoms with Crippen molar-refractivity contribution in [2.24, 2.45) is 5.73 Å². The fourth-order valence-electron chi connectivity index (χ4n) is 12.4. The smallest absolute Gasteiger partial charge is 0.366 e. The van der Waals surface area contributed by atoms with Crippen LogP contribution in [-0.4, -0.2) is 128 Å². The van der Waals surface area contributed by atoms with Crippen molar-refractivity contribution in [1.29, 1.82) is 0 Å². The van der Waals surface area contributed by atoms with Crippen LogP contribution in [0.5, 0.6) is 0 Å². The third kappa shape index (κ3) is 19.4. The molecule has 5 amide bonds. The molecule has 8 heterocycles. The number of fused-ring (bicyclic) bond motifs is 3. The number of nitrogens with two attached hydrogens (primary N) is 1. The summed E-state index contributed by atoms with van der Waals surface area (Å²) in [6.45, 7) is 11.8. The number of amides is 5. The lowest BCUT2D eigenvalue weighted by Gasteiger charge is -2.16. The summed E-state index contributed by atoms with van der Waals surface area (Å²) in [6.07, 6.45) is -1.05. The fourth-order valence-corrected chi connectivity index (χ4v) is 12.4. The Kier molecular flexibility index (Phi) is 24.0. The lowest BCUT2D eigenvalue weighted by Crippen LogP contribution is -2.18. The molecule has 0 aliphatic carbocycles. The van der Waals surface area contributed by atoms with Gasteiger partial charge < -0.3 is 45.6 Å². The van der Waals surface area contributed by atoms with E-state index in [-0.39, 0.29) is 73.5 Å². The maximum Gasteiger partial charge on any atom is 0.416 e. The van der Waals surface area contributed by atoms with Crippen molar-refractivity contribution in [3.05, 3.63) is 314 Å². The van der Waals surface area contributed by atoms with Crippen LogP contribution in [-0.2, 0) is 25.1 Å². The van der Waals surface area contributed by atoms with Gasteiger partial charge in [0, 0.05) is 117 Å². The van der Waals surface area contributed by atoms with Crippen molar-refractivity contribution in [3.8, 4) is 52.7 Å². The monoisotopic (exact) mass is 1660 g/mol. The van der Waals surface area contributed by atoms with E-state index in [2.05, 4.69) is 102 Å². The number of anilines is 3. The number of nitrogens with zero attached hydrogens (tertiary/aromatic N) is 16. The summed E-state index contributed by atoms with van der Waals surface area (Å²) in [5.74, 6) is 13.1. The lowest BCUT2D eigenvalue weighted by molar-refractivity contribution is -0.138. The minimum absolute atomic E-state index is 0.00198. The largest absolute Gasteiger partial charge is 0.416 e. The molecule has 35 heteroatoms. The number of benzene rings is 7. The fraction of sp³-hybridized carbons (Fsp3) is 0.149. The van der Waals surface area contributed by atoms with Gasteiger partial charge in [0.2, 0.25) is 17.6 Å². The highest BCUT2D eigenvalue weighted by Gasteiger charge is 2.35. The topological polar surface area (TPSA) is 307 Å². The summed E-state index contributed by atoms with van der Waals surface area (Å²) in [7, 11) is 5.06. The summed E-state index contributed by atoms with van der Waals surface area (Å²) in [4.78, 5) is 81.0. The van der Waals surface area contributed by atoms with Gasteiger partial charge in [-0.25, -0.2) is 19.9 Å². The standard InChI is InChI=1S/C31H25F3N6O2.C29H24F3N9O2.C27H19F3N6O/c1-18-7-8-22(11-21(18)9-10-39-17-37-27-19(2)5-6-20(3)28(27)39)29(41)38-24-12-23(31(32,33)34)13-25(14-24)40-15-26(36-16-40)30(42)35-4;1-17-4-5-19(10-18(17)6-7-24-37-38-25-11-20(27(33)42)15-35-41(24)25)28(43)36-22-12-21(29(30,31)32)13-23(14-22)40-9-8-34-26(40)16-39(2)3;1-17-6-7-20(12-19(17)8-9-25-34-33-24-5-3-4-18(2)36(24)25)26(37)32-22-13-21(27(28,29)30)14-23(15-22)35-11-10-31-16-35/h5-8,11-17H,1-4H3,(H,35,42)(H,38,41);4-5,8-15H,16H2,1-3H3,(H2,33,42)(H,36,43);3-7,10-16H,1-2H3,(H,32,37). The van der Waals surface area contributed by atoms with Crippen LogP contribution in [0.25, 0.3) is 39.4 Å². The summed E-state index contributed by atoms with van der Waals surface area (Å²) < 4.78 is 132. The molecular weight excluding hydrogens is 1590 g/mol. The normalized spacial score (nSPS) is 11.3. The zero-order chi connectivity index (χ0) is 87.2. The van der Waals surface area contributed by atoms with Crippen molar-refractivity contribution in [3.63, 3.8) is 0 Å². The average molecular weight is 1660 g/mol. The van der Waals surface area contributed by atoms with E-state index in [1.807, 2.05) is 88.3 Å². The Morgan fingerprint density at radius 1 is 0.484 bits per heavy atom. The van der Waals surface area contributed by atoms with Crippen LogP contribution < -0.4 is 27.0 Å². The first-order valence-corrected chi connectivity index (χ1v) is 36.7. The molecule has 7 aromatic carbocycles. The molecule has 0 unspecified atom stereocenters. The highest BCUT2D eigenvalue weighted by atomic mass is 19.4. The Labute approximate surface area is 688 Å². The third-order valence-electron chi connectivity index (χ3n) is 18.8. The minimum atomic E-state index is -4.68. The van der Waals surface area contributed by atoms with E-state index < -0.39 is 64.8 Å². The molecule has 26 nitrogen and oxygen atoms in total. The molecule has 0 atom stereocenters. The van der Waals surface area contributed by atoms with Crippen molar-refractivity contribution >= 4 is 68.9 Å². The predicted octanol–water partition coefficient (Wildman–Crippen LogP) is 14.3. The molecule has 8 aromatic heterocycles. The van der Waals surface area contributed by atoms with E-state index in [0.29, 0.717) is 40.5 Å². The first kappa shape index (κ1) is 84.1. The van der Waals surface area contributed by atoms with Crippen molar-refractivity contribution in [2.75, 3.05) is 37.1 Å². The van der Waals surface area contributed by atoms with Crippen molar-refractivity contribution in [2.45, 2.75) is 66.6 Å². The maximum absolute atomic E-state index is 13.8. The number of halogens is 9. The quantitative estimate of drug-likeness (QED) is 0.0529. The Hall–Kier alpha value is -15.8. The van der Waals surface area contributed by atoms with E-state index in [0.717, 1.165) is 80.9 Å². The van der Waals surface area contributed by atoms with Crippen LogP contribution in [0.1, 0.15) is 136 Å². The van der Waals surface area contributed by atoms with Crippen molar-refractivity contribution in [1.82, 2.24) is 82.8 Å². The molecule has 15 aromatic rings. The number of primary amides is 1. The van der Waals surface area contributed by atoms with Crippen LogP contribution in [0.4, 0.5) is 56.6 Å². The molecule has 0 fully saturated rings. The van der Waals surface area contributed by atoms with Gasteiger partial charge in [-0.2, -0.15) is 49.1 Å². The Balaban J connectivity index is 0.000000158. The second-order valence-corrected chi connectivity index (χ2v) is 28.0. The van der Waals surface area contributed by atoms with E-state index in [1.165, 1.54) is 94.7 Å². The van der Waals surface area contributed by atoms with Gasteiger partial charge in [-0.1, -0.05) is 48.2 Å². The molecule has 6 N–H and O–H groups in total. The number of hydrogen-bond donors (Lipinski definition) is 5. The Morgan fingerprint density at radius 3 is 1.54 bits per heavy atom. The van der Waals surface area contributed by atoms with Gasteiger partial charge in [0.15, 0.2) is 11.3 Å². The molecular formula is C87H68F9N21O5. The number of carbonyl (C=O) groups excluding carboxylic acids is 5. The van der Waals surface area contributed by atoms with Crippen LogP contribution >= 0.6 is 0 Å². The molecule has 614 valence electrons. The number of alkyl halides is 9. The molecule has 122 heavy (non-hydrogen) atoms. The first-order chi connectivity index (χ1) is 58.0. The van der Waals surface area contributed by atoms with Crippen LogP contribution in [0.15, 0.2) is 202 Å². The number of carbonyl (C=O) groups is 5. The Bertz CT molecular complexity index is 6830. The molecule has 0 aliphatic rings. The number of nitrogens with one attached hydrogen (secondary N) is 4. The molecule has 0 bridgehead atoms. The van der Waals surface area contributed by atoms with E-state index >= 15 is 0 Å². The number of rotatable bonds is 13. The molecule has 15 rings (SSSR count). The van der Waals surface area contributed by atoms with E-state index in [9.17, 15) is 63.5 Å². The molecule has 0 saturated heterocycles. The SMILES string of the molecule is CNC(=O)c1cn(-c2cc(NC(=O)c3ccc(C)c(C#Cn4cnc5c(C)ccc(C)c54)c3)cc(C(F)(F)F)c2)cn1.Cc1ccc(C(=O)Nc2cc(-n3ccnc3)cc(C(F)(F)F)c2)cc1C#Cc1nnc2cccc(C)n12.Cc1ccc(C(=O)Nc2cc(-n3ccnc3CN(C)C)cc(C(F)(F)F)c2)cc1C#Cc1nnc2cc(C(N)=O)cnn12. The second-order valence-electron chi connectivity index (χ2n) is 28.0. The van der Waals surface area contributed by atoms with Crippen LogP contribution in [0.2, 0.25) is 0 Å².